The van der Waals surface area contributed by atoms with Gasteiger partial charge in [-0.1, -0.05) is 6.92 Å². The Morgan fingerprint density at radius 1 is 1.33 bits per heavy atom. The molecule has 0 radical (unpaired) electrons. The minimum Gasteiger partial charge on any atom is -0.364 e. The fourth-order valence-electron chi connectivity index (χ4n) is 2.04. The van der Waals surface area contributed by atoms with Crippen LogP contribution >= 0.6 is 0 Å². The predicted molar refractivity (Wildman–Crippen MR) is 53.4 cm³/mol. The maximum absolute atomic E-state index is 11.9. The maximum Gasteiger partial charge on any atom is 0.169 e. The zero-order chi connectivity index (χ0) is 11.2. The molecule has 0 aliphatic carbocycles. The lowest BCUT2D eigenvalue weighted by atomic mass is 9.99. The summed E-state index contributed by atoms with van der Waals surface area (Å²) in [6.07, 6.45) is -0.716. The van der Waals surface area contributed by atoms with Crippen molar-refractivity contribution < 1.29 is 19.0 Å². The molecule has 2 rings (SSSR count). The Morgan fingerprint density at radius 3 is 2.40 bits per heavy atom. The van der Waals surface area contributed by atoms with E-state index in [4.69, 9.17) is 14.2 Å². The lowest BCUT2D eigenvalue weighted by Crippen LogP contribution is -2.35. The molecule has 4 nitrogen and oxygen atoms in total. The van der Waals surface area contributed by atoms with Gasteiger partial charge in [0.15, 0.2) is 11.6 Å². The molecular formula is C11H18O4. The van der Waals surface area contributed by atoms with Crippen LogP contribution in [0, 0.1) is 5.92 Å². The topological polar surface area (TPSA) is 44.8 Å². The Hall–Kier alpha value is -0.450. The molecular weight excluding hydrogens is 196 g/mol. The van der Waals surface area contributed by atoms with Crippen LogP contribution in [0.5, 0.6) is 0 Å². The highest BCUT2D eigenvalue weighted by molar-refractivity contribution is 5.88. The van der Waals surface area contributed by atoms with Crippen LogP contribution in [0.3, 0.4) is 0 Å². The molecule has 0 aromatic carbocycles. The standard InChI is InChI=1S/C11H18O4/c1-6-7(2)14-10(9(6)12)8-5-13-11(3,4)15-8/h6-8,10H,5H2,1-4H3. The number of carbonyl (C=O) groups excluding carboxylic acids is 1. The number of carbonyl (C=O) groups is 1. The fourth-order valence-corrected chi connectivity index (χ4v) is 2.04. The van der Waals surface area contributed by atoms with Gasteiger partial charge in [0.2, 0.25) is 0 Å². The molecule has 15 heavy (non-hydrogen) atoms. The van der Waals surface area contributed by atoms with E-state index < -0.39 is 11.9 Å². The average Bonchev–Trinajstić information content (AvgIpc) is 2.62. The minimum absolute atomic E-state index is 0.0187. The van der Waals surface area contributed by atoms with E-state index in [1.54, 1.807) is 0 Å². The first-order valence-corrected chi connectivity index (χ1v) is 5.42. The van der Waals surface area contributed by atoms with Crippen molar-refractivity contribution in [3.63, 3.8) is 0 Å². The molecule has 86 valence electrons. The predicted octanol–water partition coefficient (Wildman–Crippen LogP) is 1.13. The fraction of sp³-hybridized carbons (Fsp3) is 0.909. The van der Waals surface area contributed by atoms with Crippen LogP contribution in [0.15, 0.2) is 0 Å². The molecule has 0 spiro atoms. The van der Waals surface area contributed by atoms with E-state index in [0.717, 1.165) is 0 Å². The SMILES string of the molecule is CC1OC(C2COC(C)(C)O2)C(=O)C1C. The summed E-state index contributed by atoms with van der Waals surface area (Å²) >= 11 is 0. The van der Waals surface area contributed by atoms with Gasteiger partial charge in [-0.25, -0.2) is 0 Å². The summed E-state index contributed by atoms with van der Waals surface area (Å²) < 4.78 is 16.7. The number of hydrogen-bond donors (Lipinski definition) is 0. The molecule has 2 heterocycles. The Morgan fingerprint density at radius 2 is 2.00 bits per heavy atom. The van der Waals surface area contributed by atoms with Crippen molar-refractivity contribution in [3.8, 4) is 0 Å². The van der Waals surface area contributed by atoms with Gasteiger partial charge in [-0.2, -0.15) is 0 Å². The molecule has 0 aromatic heterocycles. The highest BCUT2D eigenvalue weighted by Gasteiger charge is 2.47. The second-order valence-corrected chi connectivity index (χ2v) is 4.82. The first-order chi connectivity index (χ1) is 6.91. The number of ketones is 1. The van der Waals surface area contributed by atoms with Crippen LogP contribution in [-0.2, 0) is 19.0 Å². The van der Waals surface area contributed by atoms with Gasteiger partial charge in [0, 0.05) is 5.92 Å². The summed E-state index contributed by atoms with van der Waals surface area (Å²) in [5, 5.41) is 0. The molecule has 0 saturated carbocycles. The largest absolute Gasteiger partial charge is 0.364 e. The molecule has 4 heteroatoms. The van der Waals surface area contributed by atoms with Gasteiger partial charge in [-0.3, -0.25) is 4.79 Å². The summed E-state index contributed by atoms with van der Waals surface area (Å²) in [6.45, 7) is 7.94. The first kappa shape index (κ1) is 11.0. The van der Waals surface area contributed by atoms with Gasteiger partial charge >= 0.3 is 0 Å². The molecule has 0 aromatic rings. The number of rotatable bonds is 1. The monoisotopic (exact) mass is 214 g/mol. The lowest BCUT2D eigenvalue weighted by Gasteiger charge is -2.19. The summed E-state index contributed by atoms with van der Waals surface area (Å²) in [7, 11) is 0. The van der Waals surface area contributed by atoms with Crippen LogP contribution in [0.2, 0.25) is 0 Å². The van der Waals surface area contributed by atoms with Crippen molar-refractivity contribution in [1.82, 2.24) is 0 Å². The third-order valence-corrected chi connectivity index (χ3v) is 3.16. The van der Waals surface area contributed by atoms with E-state index in [9.17, 15) is 4.79 Å². The van der Waals surface area contributed by atoms with E-state index in [0.29, 0.717) is 6.61 Å². The quantitative estimate of drug-likeness (QED) is 0.656. The molecule has 0 N–H and O–H groups in total. The molecule has 4 atom stereocenters. The second-order valence-electron chi connectivity index (χ2n) is 4.82. The normalized spacial score (nSPS) is 44.9. The van der Waals surface area contributed by atoms with Gasteiger partial charge < -0.3 is 14.2 Å². The number of hydrogen-bond acceptors (Lipinski definition) is 4. The Kier molecular flexibility index (Phi) is 2.61. The van der Waals surface area contributed by atoms with Crippen molar-refractivity contribution in [3.05, 3.63) is 0 Å². The summed E-state index contributed by atoms with van der Waals surface area (Å²) in [6, 6.07) is 0. The Balaban J connectivity index is 2.05. The van der Waals surface area contributed by atoms with Crippen LogP contribution in [0.1, 0.15) is 27.7 Å². The van der Waals surface area contributed by atoms with E-state index in [1.165, 1.54) is 0 Å². The Labute approximate surface area is 89.9 Å². The molecule has 2 aliphatic rings. The first-order valence-electron chi connectivity index (χ1n) is 5.42. The number of Topliss-reactive ketones (excluding diaryl/α,β-unsaturated/α-hetero) is 1. The highest BCUT2D eigenvalue weighted by atomic mass is 16.7. The van der Waals surface area contributed by atoms with E-state index >= 15 is 0 Å². The van der Waals surface area contributed by atoms with Gasteiger partial charge in [-0.05, 0) is 20.8 Å². The molecule has 2 saturated heterocycles. The van der Waals surface area contributed by atoms with E-state index in [1.807, 2.05) is 27.7 Å². The average molecular weight is 214 g/mol. The lowest BCUT2D eigenvalue weighted by molar-refractivity contribution is -0.158. The third kappa shape index (κ3) is 1.94. The van der Waals surface area contributed by atoms with Crippen LogP contribution in [0.4, 0.5) is 0 Å². The molecule has 0 amide bonds. The second kappa shape index (κ2) is 3.54. The zero-order valence-corrected chi connectivity index (χ0v) is 9.65. The molecule has 4 unspecified atom stereocenters. The molecule has 2 aliphatic heterocycles. The van der Waals surface area contributed by atoms with E-state index in [2.05, 4.69) is 0 Å². The Bertz CT molecular complexity index is 274. The zero-order valence-electron chi connectivity index (χ0n) is 9.65. The molecule has 2 fully saturated rings. The highest BCUT2D eigenvalue weighted by Crippen LogP contribution is 2.31. The van der Waals surface area contributed by atoms with Crippen molar-refractivity contribution in [2.75, 3.05) is 6.61 Å². The third-order valence-electron chi connectivity index (χ3n) is 3.16. The van der Waals surface area contributed by atoms with Gasteiger partial charge in [0.05, 0.1) is 12.7 Å². The smallest absolute Gasteiger partial charge is 0.169 e. The summed E-state index contributed by atoms with van der Waals surface area (Å²) in [5.74, 6) is -0.500. The van der Waals surface area contributed by atoms with Gasteiger partial charge in [-0.15, -0.1) is 0 Å². The summed E-state index contributed by atoms with van der Waals surface area (Å²) in [5.41, 5.74) is 0. The van der Waals surface area contributed by atoms with Crippen LogP contribution in [0.25, 0.3) is 0 Å². The van der Waals surface area contributed by atoms with Crippen molar-refractivity contribution in [2.24, 2.45) is 5.92 Å². The van der Waals surface area contributed by atoms with Gasteiger partial charge in [0.1, 0.15) is 12.2 Å². The maximum atomic E-state index is 11.9. The van der Waals surface area contributed by atoms with Crippen molar-refractivity contribution >= 4 is 5.78 Å². The summed E-state index contributed by atoms with van der Waals surface area (Å²) in [4.78, 5) is 11.9. The van der Waals surface area contributed by atoms with Crippen molar-refractivity contribution in [2.45, 2.75) is 51.8 Å². The van der Waals surface area contributed by atoms with E-state index in [-0.39, 0.29) is 23.9 Å². The van der Waals surface area contributed by atoms with Crippen LogP contribution in [-0.4, -0.2) is 36.5 Å². The molecule has 0 bridgehead atoms. The van der Waals surface area contributed by atoms with Gasteiger partial charge in [0.25, 0.3) is 0 Å². The van der Waals surface area contributed by atoms with Crippen LogP contribution < -0.4 is 0 Å². The number of ether oxygens (including phenoxy) is 3. The van der Waals surface area contributed by atoms with Crippen molar-refractivity contribution in [1.29, 1.82) is 0 Å². The minimum atomic E-state index is -0.594.